The van der Waals surface area contributed by atoms with Gasteiger partial charge in [0.15, 0.2) is 0 Å². The molecule has 9 heterocycles. The molecule has 600 valence electrons. The summed E-state index contributed by atoms with van der Waals surface area (Å²) in [6.45, 7) is 9.87. The Bertz CT molecular complexity index is 5450. The minimum atomic E-state index is 0.962. The van der Waals surface area contributed by atoms with Gasteiger partial charge >= 0.3 is 0 Å². The molecule has 0 amide bonds. The van der Waals surface area contributed by atoms with Crippen LogP contribution in [0.5, 0.6) is 0 Å². The second-order valence-corrected chi connectivity index (χ2v) is 38.9. The lowest BCUT2D eigenvalue weighted by Crippen LogP contribution is -2.02. The summed E-state index contributed by atoms with van der Waals surface area (Å²) in [4.78, 5) is 22.2. The summed E-state index contributed by atoms with van der Waals surface area (Å²) in [5, 5.41) is 11.4. The molecule has 117 heavy (non-hydrogen) atoms. The molecule has 0 radical (unpaired) electrons. The van der Waals surface area contributed by atoms with Gasteiger partial charge in [-0.05, 0) is 200 Å². The molecule has 0 unspecified atom stereocenters. The highest BCUT2D eigenvalue weighted by Crippen LogP contribution is 2.50. The lowest BCUT2D eigenvalue weighted by atomic mass is 10.00. The molecule has 0 saturated carbocycles. The number of aryl methyl sites for hydroxylation is 3. The number of hydrogen-bond acceptors (Lipinski definition) is 9. The van der Waals surface area contributed by atoms with Crippen molar-refractivity contribution in [3.8, 4) is 0 Å². The van der Waals surface area contributed by atoms with E-state index in [2.05, 4.69) is 271 Å². The number of fused-ring (bicyclic) bond motifs is 15. The van der Waals surface area contributed by atoms with Crippen molar-refractivity contribution in [2.75, 3.05) is 0 Å². The van der Waals surface area contributed by atoms with Crippen molar-refractivity contribution < 1.29 is 0 Å². The Morgan fingerprint density at radius 3 is 0.735 bits per heavy atom. The fourth-order valence-corrected chi connectivity index (χ4v) is 22.5. The normalized spacial score (nSPS) is 12.6. The molecule has 6 nitrogen and oxygen atoms in total. The second-order valence-electron chi connectivity index (χ2n) is 32.3. The molecular weight excluding hydrogens is 1540 g/mol. The number of aromatic nitrogens is 6. The molecule has 0 aliphatic rings. The molecule has 0 bridgehead atoms. The predicted molar refractivity (Wildman–Crippen MR) is 526 cm³/mol. The van der Waals surface area contributed by atoms with E-state index in [1.54, 1.807) is 34.0 Å². The third-order valence-electron chi connectivity index (χ3n) is 23.5. The Morgan fingerprint density at radius 1 is 0.239 bits per heavy atom. The average Bonchev–Trinajstić information content (AvgIpc) is 1.51. The van der Waals surface area contributed by atoms with Crippen molar-refractivity contribution in [1.29, 1.82) is 0 Å². The van der Waals surface area contributed by atoms with Gasteiger partial charge in [0.05, 0.1) is 47.2 Å². The fourth-order valence-electron chi connectivity index (χ4n) is 17.4. The van der Waals surface area contributed by atoms with Crippen LogP contribution in [0.15, 0.2) is 164 Å². The van der Waals surface area contributed by atoms with Gasteiger partial charge in [-0.15, -0.1) is 68.0 Å². The highest BCUT2D eigenvalue weighted by Gasteiger charge is 2.28. The Balaban J connectivity index is 0.851. The van der Waals surface area contributed by atoms with E-state index in [1.807, 2.05) is 34.0 Å². The van der Waals surface area contributed by atoms with Crippen LogP contribution in [0, 0.1) is 0 Å². The molecule has 7 aromatic carbocycles. The molecule has 9 aromatic heterocycles. The van der Waals surface area contributed by atoms with Gasteiger partial charge in [0.25, 0.3) is 0 Å². The number of thiophene rings is 3. The molecule has 16 aromatic rings. The topological polar surface area (TPSA) is 53.5 Å². The van der Waals surface area contributed by atoms with E-state index >= 15 is 0 Å². The van der Waals surface area contributed by atoms with Crippen molar-refractivity contribution in [2.45, 2.75) is 233 Å². The van der Waals surface area contributed by atoms with Crippen LogP contribution in [0.25, 0.3) is 169 Å². The Morgan fingerprint density at radius 2 is 0.479 bits per heavy atom. The van der Waals surface area contributed by atoms with Crippen LogP contribution in [0.3, 0.4) is 0 Å². The molecule has 0 atom stereocenters. The van der Waals surface area contributed by atoms with E-state index in [0.29, 0.717) is 0 Å². The van der Waals surface area contributed by atoms with Crippen molar-refractivity contribution in [1.82, 2.24) is 28.7 Å². The molecule has 12 heteroatoms. The smallest absolute Gasteiger partial charge is 0.117 e. The van der Waals surface area contributed by atoms with Gasteiger partial charge < -0.3 is 13.7 Å². The van der Waals surface area contributed by atoms with Crippen LogP contribution in [-0.4, -0.2) is 28.7 Å². The zero-order valence-corrected chi connectivity index (χ0v) is 73.9. The fraction of sp³-hybridized carbons (Fsp3) is 0.343. The molecule has 0 fully saturated rings. The van der Waals surface area contributed by atoms with E-state index in [-0.39, 0.29) is 0 Å². The summed E-state index contributed by atoms with van der Waals surface area (Å²) in [6.07, 6.45) is 66.6. The van der Waals surface area contributed by atoms with Gasteiger partial charge in [-0.2, -0.15) is 0 Å². The Kier molecular flexibility index (Phi) is 28.8. The summed E-state index contributed by atoms with van der Waals surface area (Å²) >= 11 is 10.8. The maximum Gasteiger partial charge on any atom is 0.117 e. The third-order valence-corrected chi connectivity index (χ3v) is 29.6. The quantitative estimate of drug-likeness (QED) is 0.0358. The van der Waals surface area contributed by atoms with Crippen molar-refractivity contribution in [2.24, 2.45) is 0 Å². The minimum absolute atomic E-state index is 0.962. The van der Waals surface area contributed by atoms with E-state index in [0.717, 1.165) is 70.5 Å². The second kappa shape index (κ2) is 41.2. The molecule has 0 saturated heterocycles. The number of thiazole rings is 3. The largest absolute Gasteiger partial charge is 0.340 e. The van der Waals surface area contributed by atoms with Gasteiger partial charge in [-0.25, -0.2) is 15.0 Å². The van der Waals surface area contributed by atoms with Crippen LogP contribution in [0.1, 0.15) is 274 Å². The molecule has 0 aliphatic carbocycles. The van der Waals surface area contributed by atoms with E-state index in [4.69, 9.17) is 15.0 Å². The number of para-hydroxylation sites is 3. The zero-order chi connectivity index (χ0) is 79.3. The number of hydrogen-bond donors (Lipinski definition) is 0. The lowest BCUT2D eigenvalue weighted by molar-refractivity contribution is 0.541. The van der Waals surface area contributed by atoms with Gasteiger partial charge in [-0.1, -0.05) is 267 Å². The zero-order valence-electron chi connectivity index (χ0n) is 69.0. The monoisotopic (exact) mass is 1650 g/mol. The van der Waals surface area contributed by atoms with E-state index in [1.165, 1.54) is 299 Å². The first-order valence-electron chi connectivity index (χ1n) is 44.3. The highest BCUT2D eigenvalue weighted by molar-refractivity contribution is 7.20. The molecule has 16 rings (SSSR count). The van der Waals surface area contributed by atoms with Crippen LogP contribution < -0.4 is 0 Å². The average molecular weight is 1650 g/mol. The standard InChI is InChI=1S/C105H114N6S6/c1-4-7-10-13-16-19-22-25-28-37-70-109-91-64-49-76(46-52-79-55-58-82(112-79)61-67-97-106-88-40-31-34-43-94(88)115-97)73-85(91)100-103(109)101-86-74-77(47-53-80-56-59-83(113-80)62-68-98-107-89-41-32-35-44-95(89)116-98)50-65-92(86)110(71-38-29-26-23-20-17-14-11-8-5-2)105(101)102-87-75-78(51-66-93(87)111(104(100)102)72-39-30-27-24-21-18-15-12-9-6-3)48-54-81-57-60-84(114-81)63-69-99-108-90-42-33-36-45-96(90)117-99/h31-36,40-69,73-75H,4-30,37-39,70-72H2,1-3H3/b52-46+,53-47+,54-48+,67-61+,68-62+,69-63+. The SMILES string of the molecule is CCCCCCCCCCCCn1c2ccc(/C=C/c3ccc(/C=C/c4nc5ccccc5s4)s3)cc2c2c1c1c3cc(/C=C/c4ccc(/C=C/c5nc6ccccc6s5)s4)ccc3n(CCCCCCCCCCCC)c1c1c3cc(/C=C/c4ccc(/C=C/c5nc6ccccc6s5)s4)ccc3n(CCCCCCCCCCCC)c21. The van der Waals surface area contributed by atoms with Crippen LogP contribution in [-0.2, 0) is 19.6 Å². The molecule has 0 spiro atoms. The predicted octanol–water partition coefficient (Wildman–Crippen LogP) is 34.8. The first kappa shape index (κ1) is 81.9. The van der Waals surface area contributed by atoms with Gasteiger partial charge in [0, 0.05) is 97.8 Å². The van der Waals surface area contributed by atoms with Gasteiger partial charge in [0.2, 0.25) is 0 Å². The van der Waals surface area contributed by atoms with Crippen molar-refractivity contribution in [3.63, 3.8) is 0 Å². The molecular formula is C105H114N6S6. The first-order valence-corrected chi connectivity index (χ1v) is 49.2. The number of nitrogens with zero attached hydrogens (tertiary/aromatic N) is 6. The van der Waals surface area contributed by atoms with Gasteiger partial charge in [0.1, 0.15) is 15.0 Å². The summed E-state index contributed by atoms with van der Waals surface area (Å²) < 4.78 is 12.2. The molecule has 0 N–H and O–H groups in total. The molecule has 0 aliphatic heterocycles. The van der Waals surface area contributed by atoms with E-state index < -0.39 is 0 Å². The Hall–Kier alpha value is -8.85. The third kappa shape index (κ3) is 20.5. The van der Waals surface area contributed by atoms with E-state index in [9.17, 15) is 0 Å². The van der Waals surface area contributed by atoms with Crippen LogP contribution in [0.2, 0.25) is 0 Å². The van der Waals surface area contributed by atoms with Crippen molar-refractivity contribution in [3.05, 3.63) is 225 Å². The summed E-state index contributed by atoms with van der Waals surface area (Å²) in [5.41, 5.74) is 15.1. The Labute approximate surface area is 717 Å². The maximum atomic E-state index is 4.92. The van der Waals surface area contributed by atoms with Gasteiger partial charge in [-0.3, -0.25) is 0 Å². The lowest BCUT2D eigenvalue weighted by Gasteiger charge is -2.13. The van der Waals surface area contributed by atoms with Crippen molar-refractivity contribution >= 4 is 237 Å². The maximum absolute atomic E-state index is 4.92. The number of rotatable bonds is 45. The minimum Gasteiger partial charge on any atom is -0.340 e. The number of benzene rings is 7. The summed E-state index contributed by atoms with van der Waals surface area (Å²) in [5.74, 6) is 0. The summed E-state index contributed by atoms with van der Waals surface area (Å²) in [6, 6.07) is 61.5. The van der Waals surface area contributed by atoms with Crippen LogP contribution in [0.4, 0.5) is 0 Å². The van der Waals surface area contributed by atoms with Crippen LogP contribution >= 0.6 is 68.0 Å². The highest BCUT2D eigenvalue weighted by atomic mass is 32.1. The number of unbranched alkanes of at least 4 members (excludes halogenated alkanes) is 27. The first-order chi connectivity index (χ1) is 57.9. The summed E-state index contributed by atoms with van der Waals surface area (Å²) in [7, 11) is 0.